The predicted molar refractivity (Wildman–Crippen MR) is 135 cm³/mol. The van der Waals surface area contributed by atoms with Crippen molar-refractivity contribution in [1.29, 1.82) is 0 Å². The Morgan fingerprint density at radius 1 is 1.09 bits per heavy atom. The van der Waals surface area contributed by atoms with Crippen LogP contribution >= 0.6 is 0 Å². The van der Waals surface area contributed by atoms with Crippen molar-refractivity contribution in [1.82, 2.24) is 9.99 Å². The molecule has 3 aromatic rings. The lowest BCUT2D eigenvalue weighted by Gasteiger charge is -2.14. The summed E-state index contributed by atoms with van der Waals surface area (Å²) in [5.74, 6) is 0.148. The van der Waals surface area contributed by atoms with Crippen LogP contribution in [0.3, 0.4) is 0 Å². The molecule has 0 aliphatic heterocycles. The molecule has 0 atom stereocenters. The van der Waals surface area contributed by atoms with E-state index in [4.69, 9.17) is 14.2 Å². The number of aromatic nitrogens is 1. The molecular formula is C26H31N3O6. The van der Waals surface area contributed by atoms with Crippen LogP contribution in [0.2, 0.25) is 0 Å². The topological polar surface area (TPSA) is 111 Å². The number of aryl methyl sites for hydroxylation is 1. The number of hydrazone groups is 1. The first-order valence-corrected chi connectivity index (χ1v) is 11.4. The number of nitrogens with zero attached hydrogens (tertiary/aromatic N) is 2. The van der Waals surface area contributed by atoms with Crippen molar-refractivity contribution in [2.45, 2.75) is 39.2 Å². The summed E-state index contributed by atoms with van der Waals surface area (Å²) in [6.07, 6.45) is 5.24. The Balaban J connectivity index is 1.95. The van der Waals surface area contributed by atoms with Gasteiger partial charge in [-0.1, -0.05) is 38.3 Å². The first-order chi connectivity index (χ1) is 17.0. The molecule has 186 valence electrons. The average Bonchev–Trinajstić information content (AvgIpc) is 2.87. The quantitative estimate of drug-likeness (QED) is 0.243. The fraction of sp³-hybridized carbons (Fsp3) is 0.346. The van der Waals surface area contributed by atoms with Crippen molar-refractivity contribution in [3.05, 3.63) is 57.9 Å². The standard InChI is InChI=1S/C26H31N3O6/c1-5-6-7-10-13-29-20-12-9-8-11-19(20)23(30)22(26(29)32)25(31)28-27-16-17-14-18(33-2)15-21(34-3)24(17)35-4/h8-9,11-12,14-16,30H,5-7,10,13H2,1-4H3,(H,28,31)/b27-16+. The highest BCUT2D eigenvalue weighted by Gasteiger charge is 2.22. The minimum absolute atomic E-state index is 0.355. The summed E-state index contributed by atoms with van der Waals surface area (Å²) in [5.41, 5.74) is 2.49. The van der Waals surface area contributed by atoms with Crippen LogP contribution in [-0.2, 0) is 6.54 Å². The van der Waals surface area contributed by atoms with Crippen LogP contribution in [0.25, 0.3) is 10.9 Å². The van der Waals surface area contributed by atoms with E-state index in [1.54, 1.807) is 41.0 Å². The van der Waals surface area contributed by atoms with E-state index in [0.29, 0.717) is 40.3 Å². The zero-order valence-corrected chi connectivity index (χ0v) is 20.5. The monoisotopic (exact) mass is 481 g/mol. The minimum Gasteiger partial charge on any atom is -0.506 e. The molecular weight excluding hydrogens is 450 g/mol. The van der Waals surface area contributed by atoms with Crippen molar-refractivity contribution in [2.75, 3.05) is 21.3 Å². The molecule has 0 spiro atoms. The third-order valence-corrected chi connectivity index (χ3v) is 5.69. The number of rotatable bonds is 11. The highest BCUT2D eigenvalue weighted by atomic mass is 16.5. The van der Waals surface area contributed by atoms with Crippen LogP contribution < -0.4 is 25.2 Å². The number of amides is 1. The van der Waals surface area contributed by atoms with Gasteiger partial charge in [-0.15, -0.1) is 0 Å². The van der Waals surface area contributed by atoms with Gasteiger partial charge in [0, 0.05) is 23.6 Å². The number of unbranched alkanes of at least 4 members (excludes halogenated alkanes) is 3. The smallest absolute Gasteiger partial charge is 0.280 e. The molecule has 1 heterocycles. The number of carbonyl (C=O) groups excluding carboxylic acids is 1. The Bertz CT molecular complexity index is 1280. The highest BCUT2D eigenvalue weighted by Crippen LogP contribution is 2.34. The maximum absolute atomic E-state index is 13.2. The highest BCUT2D eigenvalue weighted by molar-refractivity contribution is 6.02. The van der Waals surface area contributed by atoms with E-state index in [1.807, 2.05) is 0 Å². The van der Waals surface area contributed by atoms with E-state index < -0.39 is 11.5 Å². The van der Waals surface area contributed by atoms with Crippen molar-refractivity contribution >= 4 is 23.0 Å². The zero-order chi connectivity index (χ0) is 25.4. The maximum atomic E-state index is 13.2. The molecule has 2 aromatic carbocycles. The number of nitrogens with one attached hydrogen (secondary N) is 1. The summed E-state index contributed by atoms with van der Waals surface area (Å²) < 4.78 is 17.5. The van der Waals surface area contributed by atoms with Crippen LogP contribution in [-0.4, -0.2) is 43.1 Å². The number of pyridine rings is 1. The maximum Gasteiger partial charge on any atom is 0.280 e. The summed E-state index contributed by atoms with van der Waals surface area (Å²) in [6.45, 7) is 2.56. The Morgan fingerprint density at radius 3 is 2.54 bits per heavy atom. The van der Waals surface area contributed by atoms with Gasteiger partial charge >= 0.3 is 0 Å². The van der Waals surface area contributed by atoms with Crippen LogP contribution in [0, 0.1) is 0 Å². The van der Waals surface area contributed by atoms with Crippen LogP contribution in [0.5, 0.6) is 23.0 Å². The summed E-state index contributed by atoms with van der Waals surface area (Å²) in [7, 11) is 4.49. The molecule has 1 amide bonds. The zero-order valence-electron chi connectivity index (χ0n) is 20.5. The van der Waals surface area contributed by atoms with Crippen molar-refractivity contribution in [3.8, 4) is 23.0 Å². The molecule has 3 rings (SSSR count). The molecule has 9 nitrogen and oxygen atoms in total. The number of fused-ring (bicyclic) bond motifs is 1. The number of methoxy groups -OCH3 is 3. The van der Waals surface area contributed by atoms with Crippen molar-refractivity contribution < 1.29 is 24.1 Å². The summed E-state index contributed by atoms with van der Waals surface area (Å²) in [4.78, 5) is 26.2. The Labute approximate surface area is 203 Å². The van der Waals surface area contributed by atoms with Crippen LogP contribution in [0.15, 0.2) is 46.3 Å². The van der Waals surface area contributed by atoms with Gasteiger partial charge in [0.25, 0.3) is 11.5 Å². The van der Waals surface area contributed by atoms with E-state index in [0.717, 1.165) is 25.7 Å². The molecule has 0 saturated heterocycles. The van der Waals surface area contributed by atoms with Gasteiger partial charge in [0.2, 0.25) is 0 Å². The van der Waals surface area contributed by atoms with Crippen LogP contribution in [0.1, 0.15) is 48.5 Å². The van der Waals surface area contributed by atoms with Gasteiger partial charge < -0.3 is 23.9 Å². The first-order valence-electron chi connectivity index (χ1n) is 11.4. The lowest BCUT2D eigenvalue weighted by molar-refractivity contribution is 0.0950. The number of ether oxygens (including phenoxy) is 3. The summed E-state index contributed by atoms with van der Waals surface area (Å²) in [6, 6.07) is 10.3. The summed E-state index contributed by atoms with van der Waals surface area (Å²) >= 11 is 0. The fourth-order valence-electron chi connectivity index (χ4n) is 3.91. The number of hydrogen-bond acceptors (Lipinski definition) is 7. The van der Waals surface area contributed by atoms with Gasteiger partial charge in [-0.3, -0.25) is 9.59 Å². The number of aromatic hydroxyl groups is 1. The molecule has 0 saturated carbocycles. The molecule has 9 heteroatoms. The Kier molecular flexibility index (Phi) is 8.72. The predicted octanol–water partition coefficient (Wildman–Crippen LogP) is 4.08. The van der Waals surface area contributed by atoms with Gasteiger partial charge in [-0.05, 0) is 24.6 Å². The number of carbonyl (C=O) groups is 1. The second-order valence-corrected chi connectivity index (χ2v) is 7.91. The molecule has 0 aliphatic carbocycles. The fourth-order valence-corrected chi connectivity index (χ4v) is 3.91. The van der Waals surface area contributed by atoms with Crippen LogP contribution in [0.4, 0.5) is 0 Å². The number of para-hydroxylation sites is 1. The van der Waals surface area contributed by atoms with E-state index >= 15 is 0 Å². The van der Waals surface area contributed by atoms with E-state index in [1.165, 1.54) is 27.5 Å². The Morgan fingerprint density at radius 2 is 1.86 bits per heavy atom. The number of hydrogen-bond donors (Lipinski definition) is 2. The van der Waals surface area contributed by atoms with Gasteiger partial charge in [0.15, 0.2) is 11.5 Å². The summed E-state index contributed by atoms with van der Waals surface area (Å²) in [5, 5.41) is 15.2. The van der Waals surface area contributed by atoms with Gasteiger partial charge in [0.1, 0.15) is 17.1 Å². The van der Waals surface area contributed by atoms with Gasteiger partial charge in [-0.25, -0.2) is 5.43 Å². The average molecular weight is 482 g/mol. The van der Waals surface area contributed by atoms with Gasteiger partial charge in [0.05, 0.1) is 33.1 Å². The molecule has 0 unspecified atom stereocenters. The van der Waals surface area contributed by atoms with E-state index in [-0.39, 0.29) is 11.3 Å². The minimum atomic E-state index is -0.814. The lowest BCUT2D eigenvalue weighted by atomic mass is 10.1. The first kappa shape index (κ1) is 25.6. The second-order valence-electron chi connectivity index (χ2n) is 7.91. The largest absolute Gasteiger partial charge is 0.506 e. The third-order valence-electron chi connectivity index (χ3n) is 5.69. The Hall–Kier alpha value is -4.01. The molecule has 1 aromatic heterocycles. The van der Waals surface area contributed by atoms with E-state index in [2.05, 4.69) is 17.5 Å². The molecule has 0 aliphatic rings. The molecule has 0 bridgehead atoms. The normalized spacial score (nSPS) is 11.1. The molecule has 2 N–H and O–H groups in total. The molecule has 0 fully saturated rings. The van der Waals surface area contributed by atoms with Crippen molar-refractivity contribution in [2.24, 2.45) is 5.10 Å². The number of benzene rings is 2. The van der Waals surface area contributed by atoms with E-state index in [9.17, 15) is 14.7 Å². The molecule has 35 heavy (non-hydrogen) atoms. The second kappa shape index (κ2) is 11.9. The SMILES string of the molecule is CCCCCCn1c(=O)c(C(=O)N/N=C/c2cc(OC)cc(OC)c2OC)c(O)c2ccccc21. The third kappa shape index (κ3) is 5.56. The van der Waals surface area contributed by atoms with Crippen molar-refractivity contribution in [3.63, 3.8) is 0 Å². The molecule has 0 radical (unpaired) electrons. The van der Waals surface area contributed by atoms with Gasteiger partial charge in [-0.2, -0.15) is 5.10 Å². The lowest BCUT2D eigenvalue weighted by Crippen LogP contribution is -2.31.